The van der Waals surface area contributed by atoms with E-state index in [9.17, 15) is 26.7 Å². The Bertz CT molecular complexity index is 1280. The average molecular weight is 510 g/mol. The van der Waals surface area contributed by atoms with Crippen molar-refractivity contribution in [3.05, 3.63) is 81.7 Å². The van der Waals surface area contributed by atoms with E-state index in [2.05, 4.69) is 15.0 Å². The van der Waals surface area contributed by atoms with Crippen LogP contribution in [0.1, 0.15) is 38.3 Å². The third-order valence-corrected chi connectivity index (χ3v) is 5.05. The van der Waals surface area contributed by atoms with Crippen LogP contribution in [0.5, 0.6) is 11.5 Å². The number of pyridine rings is 1. The fourth-order valence-corrected chi connectivity index (χ4v) is 3.17. The molecule has 0 unspecified atom stereocenters. The molecule has 0 atom stereocenters. The largest absolute Gasteiger partial charge is 0.471 e. The van der Waals surface area contributed by atoms with Crippen molar-refractivity contribution in [3.63, 3.8) is 0 Å². The number of methoxy groups -OCH3 is 1. The first-order chi connectivity index (χ1) is 16.8. The number of carbonyl (C=O) groups is 2. The van der Waals surface area contributed by atoms with Gasteiger partial charge < -0.3 is 14.8 Å². The lowest BCUT2D eigenvalue weighted by atomic mass is 9.99. The Morgan fingerprint density at radius 3 is 2.19 bits per heavy atom. The lowest BCUT2D eigenvalue weighted by Gasteiger charge is -2.19. The molecule has 0 radical (unpaired) electrons. The summed E-state index contributed by atoms with van der Waals surface area (Å²) in [6.07, 6.45) is -3.19. The van der Waals surface area contributed by atoms with Crippen LogP contribution in [0, 0.1) is 39.3 Å². The molecule has 0 saturated carbocycles. The number of aromatic nitrogens is 1. The van der Waals surface area contributed by atoms with E-state index in [0.717, 1.165) is 31.2 Å². The zero-order valence-corrected chi connectivity index (χ0v) is 20.0. The van der Waals surface area contributed by atoms with E-state index in [1.165, 1.54) is 20.2 Å². The van der Waals surface area contributed by atoms with Gasteiger partial charge in [0.25, 0.3) is 12.4 Å². The summed E-state index contributed by atoms with van der Waals surface area (Å²) >= 11 is 0. The second-order valence-corrected chi connectivity index (χ2v) is 7.62. The fourth-order valence-electron chi connectivity index (χ4n) is 3.17. The van der Waals surface area contributed by atoms with Gasteiger partial charge in [-0.05, 0) is 69.2 Å². The van der Waals surface area contributed by atoms with E-state index in [1.54, 1.807) is 19.9 Å². The molecular formula is C25H23F5N2O4. The summed E-state index contributed by atoms with van der Waals surface area (Å²) in [7, 11) is 1.31. The highest BCUT2D eigenvalue weighted by molar-refractivity contribution is 6.08. The number of alkyl halides is 3. The van der Waals surface area contributed by atoms with Gasteiger partial charge in [0.1, 0.15) is 11.5 Å². The van der Waals surface area contributed by atoms with Gasteiger partial charge in [0.15, 0.2) is 11.6 Å². The van der Waals surface area contributed by atoms with E-state index in [1.807, 2.05) is 0 Å². The van der Waals surface area contributed by atoms with E-state index < -0.39 is 29.3 Å². The SMILES string of the molecule is COC=O.Cc1cc(NC(=O)c2c(Oc3ccc(F)c(F)c3C)ccc(C(F)(F)F)c2C)c(C)cn1. The molecule has 2 aromatic carbocycles. The molecular weight excluding hydrogens is 487 g/mol. The first-order valence-corrected chi connectivity index (χ1v) is 10.4. The summed E-state index contributed by atoms with van der Waals surface area (Å²) in [5.41, 5.74) is -0.370. The summed E-state index contributed by atoms with van der Waals surface area (Å²) in [6.45, 7) is 6.16. The number of benzene rings is 2. The summed E-state index contributed by atoms with van der Waals surface area (Å²) in [6, 6.07) is 5.31. The van der Waals surface area contributed by atoms with Crippen molar-refractivity contribution >= 4 is 18.1 Å². The fraction of sp³-hybridized carbons (Fsp3) is 0.240. The van der Waals surface area contributed by atoms with E-state index in [-0.39, 0.29) is 28.2 Å². The lowest BCUT2D eigenvalue weighted by molar-refractivity contribution is -0.138. The molecule has 0 aliphatic carbocycles. The minimum absolute atomic E-state index is 0.131. The quantitative estimate of drug-likeness (QED) is 0.316. The third-order valence-electron chi connectivity index (χ3n) is 5.05. The van der Waals surface area contributed by atoms with Gasteiger partial charge in [0.2, 0.25) is 0 Å². The highest BCUT2D eigenvalue weighted by Gasteiger charge is 2.35. The van der Waals surface area contributed by atoms with Crippen molar-refractivity contribution < 1.29 is 41.0 Å². The molecule has 0 spiro atoms. The first-order valence-electron chi connectivity index (χ1n) is 10.4. The number of rotatable bonds is 5. The number of hydrogen-bond donors (Lipinski definition) is 1. The monoisotopic (exact) mass is 510 g/mol. The molecule has 0 fully saturated rings. The normalized spacial score (nSPS) is 10.7. The summed E-state index contributed by atoms with van der Waals surface area (Å²) in [5.74, 6) is -3.46. The van der Waals surface area contributed by atoms with Crippen LogP contribution < -0.4 is 10.1 Å². The Kier molecular flexibility index (Phi) is 9.10. The van der Waals surface area contributed by atoms with Crippen LogP contribution in [-0.4, -0.2) is 24.5 Å². The average Bonchev–Trinajstić information content (AvgIpc) is 2.81. The van der Waals surface area contributed by atoms with Crippen molar-refractivity contribution in [1.82, 2.24) is 4.98 Å². The van der Waals surface area contributed by atoms with Crippen LogP contribution in [0.4, 0.5) is 27.6 Å². The van der Waals surface area contributed by atoms with Gasteiger partial charge in [0.05, 0.1) is 18.2 Å². The maximum atomic E-state index is 13.9. The lowest BCUT2D eigenvalue weighted by Crippen LogP contribution is -2.19. The zero-order valence-electron chi connectivity index (χ0n) is 20.0. The van der Waals surface area contributed by atoms with Gasteiger partial charge in [-0.3, -0.25) is 14.6 Å². The van der Waals surface area contributed by atoms with Gasteiger partial charge in [-0.2, -0.15) is 13.2 Å². The maximum Gasteiger partial charge on any atom is 0.416 e. The van der Waals surface area contributed by atoms with Gasteiger partial charge in [-0.25, -0.2) is 8.78 Å². The van der Waals surface area contributed by atoms with Crippen molar-refractivity contribution in [2.45, 2.75) is 33.9 Å². The topological polar surface area (TPSA) is 77.5 Å². The zero-order chi connectivity index (χ0) is 27.2. The first kappa shape index (κ1) is 28.2. The molecule has 3 aromatic rings. The molecule has 1 aromatic heterocycles. The van der Waals surface area contributed by atoms with Crippen molar-refractivity contribution in [3.8, 4) is 11.5 Å². The number of halogens is 5. The molecule has 3 rings (SSSR count). The molecule has 6 nitrogen and oxygen atoms in total. The number of anilines is 1. The summed E-state index contributed by atoms with van der Waals surface area (Å²) in [5, 5.41) is 2.59. The Labute approximate surface area is 204 Å². The van der Waals surface area contributed by atoms with Crippen LogP contribution >= 0.6 is 0 Å². The van der Waals surface area contributed by atoms with Crippen LogP contribution in [0.3, 0.4) is 0 Å². The van der Waals surface area contributed by atoms with Crippen molar-refractivity contribution in [2.75, 3.05) is 12.4 Å². The highest BCUT2D eigenvalue weighted by atomic mass is 19.4. The molecule has 0 aliphatic rings. The second kappa shape index (κ2) is 11.6. The molecule has 0 bridgehead atoms. The van der Waals surface area contributed by atoms with Crippen molar-refractivity contribution in [1.29, 1.82) is 0 Å². The highest BCUT2D eigenvalue weighted by Crippen LogP contribution is 2.39. The molecule has 36 heavy (non-hydrogen) atoms. The summed E-state index contributed by atoms with van der Waals surface area (Å²) < 4.78 is 77.3. The van der Waals surface area contributed by atoms with Gasteiger partial charge in [0, 0.05) is 23.1 Å². The smallest absolute Gasteiger partial charge is 0.416 e. The number of nitrogens with zero attached hydrogens (tertiary/aromatic N) is 1. The summed E-state index contributed by atoms with van der Waals surface area (Å²) in [4.78, 5) is 26.1. The third kappa shape index (κ3) is 6.55. The number of carbonyl (C=O) groups excluding carboxylic acids is 2. The second-order valence-electron chi connectivity index (χ2n) is 7.62. The Morgan fingerprint density at radius 2 is 1.61 bits per heavy atom. The van der Waals surface area contributed by atoms with Crippen molar-refractivity contribution in [2.24, 2.45) is 0 Å². The van der Waals surface area contributed by atoms with Gasteiger partial charge in [-0.15, -0.1) is 0 Å². The number of hydrogen-bond acceptors (Lipinski definition) is 5. The van der Waals surface area contributed by atoms with E-state index in [4.69, 9.17) is 9.53 Å². The molecule has 1 amide bonds. The number of nitrogens with one attached hydrogen (secondary N) is 1. The molecule has 0 saturated heterocycles. The molecule has 11 heteroatoms. The number of amides is 1. The molecule has 1 heterocycles. The Hall–Kier alpha value is -4.02. The van der Waals surface area contributed by atoms with Crippen LogP contribution in [-0.2, 0) is 15.7 Å². The number of ether oxygens (including phenoxy) is 2. The van der Waals surface area contributed by atoms with E-state index >= 15 is 0 Å². The predicted molar refractivity (Wildman–Crippen MR) is 122 cm³/mol. The minimum Gasteiger partial charge on any atom is -0.471 e. The minimum atomic E-state index is -4.71. The van der Waals surface area contributed by atoms with Crippen LogP contribution in [0.15, 0.2) is 36.5 Å². The molecule has 0 aliphatic heterocycles. The Balaban J connectivity index is 0.00000106. The maximum absolute atomic E-state index is 13.9. The molecule has 1 N–H and O–H groups in total. The van der Waals surface area contributed by atoms with Gasteiger partial charge in [-0.1, -0.05) is 0 Å². The Morgan fingerprint density at radius 1 is 1.00 bits per heavy atom. The number of aryl methyl sites for hydroxylation is 2. The van der Waals surface area contributed by atoms with Crippen LogP contribution in [0.25, 0.3) is 0 Å². The molecule has 192 valence electrons. The van der Waals surface area contributed by atoms with E-state index in [0.29, 0.717) is 23.4 Å². The standard InChI is InChI=1S/C23H19F5N2O2.C2H4O2/c1-11-10-29-12(2)9-17(11)30-22(31)20-13(3)15(23(26,27)28)5-7-19(20)32-18-8-6-16(24)21(25)14(18)4;1-4-2-3/h5-10H,1-4H3,(H,29,30,31);2H,1H3. The predicted octanol–water partition coefficient (Wildman–Crippen LogP) is 6.45. The van der Waals surface area contributed by atoms with Gasteiger partial charge >= 0.3 is 6.18 Å². The van der Waals surface area contributed by atoms with Crippen LogP contribution in [0.2, 0.25) is 0 Å².